The second kappa shape index (κ2) is 10.4. The average molecular weight is 545 g/mol. The van der Waals surface area contributed by atoms with Crippen LogP contribution in [0.25, 0.3) is 11.5 Å². The fraction of sp³-hybridized carbons (Fsp3) is 0.423. The van der Waals surface area contributed by atoms with Crippen LogP contribution in [0.4, 0.5) is 17.6 Å². The highest BCUT2D eigenvalue weighted by Gasteiger charge is 2.34. The quantitative estimate of drug-likeness (QED) is 0.345. The molecule has 13 heteroatoms. The standard InChI is InChI=1S/C26H28F4N8O/c1-16-20(17(2)37(33-16)24-8-7-23-32-31-18(3)38(23)34-24)5-9-25(39)36-12-10-35(11-13-36)15-19-4-6-22(27)21(14-19)26(28,29)30/h4,6-8,14H,5,9-13,15H2,1-3H3. The van der Waals surface area contributed by atoms with Gasteiger partial charge >= 0.3 is 6.18 Å². The van der Waals surface area contributed by atoms with Crippen molar-refractivity contribution in [3.8, 4) is 5.82 Å². The van der Waals surface area contributed by atoms with Gasteiger partial charge in [0, 0.05) is 44.8 Å². The summed E-state index contributed by atoms with van der Waals surface area (Å²) in [6.45, 7) is 7.94. The van der Waals surface area contributed by atoms with E-state index in [9.17, 15) is 22.4 Å². The molecule has 1 saturated heterocycles. The average Bonchev–Trinajstić information content (AvgIpc) is 3.41. The number of hydrogen-bond acceptors (Lipinski definition) is 6. The van der Waals surface area contributed by atoms with E-state index in [2.05, 4.69) is 20.4 Å². The summed E-state index contributed by atoms with van der Waals surface area (Å²) in [6.07, 6.45) is -3.89. The molecule has 0 bridgehead atoms. The smallest absolute Gasteiger partial charge is 0.340 e. The van der Waals surface area contributed by atoms with Crippen molar-refractivity contribution in [2.24, 2.45) is 0 Å². The number of hydrogen-bond donors (Lipinski definition) is 0. The molecule has 1 amide bonds. The molecule has 39 heavy (non-hydrogen) atoms. The van der Waals surface area contributed by atoms with E-state index in [1.165, 1.54) is 6.07 Å². The van der Waals surface area contributed by atoms with Crippen LogP contribution < -0.4 is 0 Å². The van der Waals surface area contributed by atoms with Gasteiger partial charge in [0.1, 0.15) is 5.82 Å². The number of carbonyl (C=O) groups is 1. The number of rotatable bonds is 6. The maximum absolute atomic E-state index is 13.6. The maximum atomic E-state index is 13.6. The molecule has 4 aromatic rings. The molecule has 9 nitrogen and oxygen atoms in total. The van der Waals surface area contributed by atoms with Crippen molar-refractivity contribution in [3.05, 3.63) is 70.1 Å². The van der Waals surface area contributed by atoms with E-state index in [0.717, 1.165) is 29.1 Å². The molecule has 0 unspecified atom stereocenters. The van der Waals surface area contributed by atoms with Gasteiger partial charge in [-0.25, -0.2) is 9.07 Å². The van der Waals surface area contributed by atoms with E-state index in [0.29, 0.717) is 61.9 Å². The minimum absolute atomic E-state index is 0.0157. The van der Waals surface area contributed by atoms with E-state index in [1.807, 2.05) is 37.8 Å². The topological polar surface area (TPSA) is 84.4 Å². The van der Waals surface area contributed by atoms with E-state index < -0.39 is 17.6 Å². The molecule has 1 aliphatic heterocycles. The Kier molecular flexibility index (Phi) is 7.10. The number of aryl methyl sites for hydroxylation is 2. The van der Waals surface area contributed by atoms with Crippen molar-refractivity contribution in [1.29, 1.82) is 0 Å². The van der Waals surface area contributed by atoms with Crippen LogP contribution >= 0.6 is 0 Å². The van der Waals surface area contributed by atoms with Crippen LogP contribution in [0, 0.1) is 26.6 Å². The van der Waals surface area contributed by atoms with Crippen LogP contribution in [0.5, 0.6) is 0 Å². The molecular weight excluding hydrogens is 516 g/mol. The number of amides is 1. The second-order valence-corrected chi connectivity index (χ2v) is 9.74. The lowest BCUT2D eigenvalue weighted by Gasteiger charge is -2.35. The molecule has 0 atom stereocenters. The molecule has 0 saturated carbocycles. The number of aromatic nitrogens is 6. The van der Waals surface area contributed by atoms with Crippen molar-refractivity contribution in [1.82, 2.24) is 39.4 Å². The largest absolute Gasteiger partial charge is 0.419 e. The zero-order valence-electron chi connectivity index (χ0n) is 21.8. The van der Waals surface area contributed by atoms with E-state index in [-0.39, 0.29) is 12.5 Å². The molecule has 0 N–H and O–H groups in total. The molecule has 0 aliphatic carbocycles. The lowest BCUT2D eigenvalue weighted by atomic mass is 10.1. The molecule has 5 rings (SSSR count). The van der Waals surface area contributed by atoms with E-state index in [1.54, 1.807) is 14.1 Å². The van der Waals surface area contributed by atoms with E-state index in [4.69, 9.17) is 0 Å². The first-order valence-corrected chi connectivity index (χ1v) is 12.6. The van der Waals surface area contributed by atoms with E-state index >= 15 is 0 Å². The number of nitrogens with zero attached hydrogens (tertiary/aromatic N) is 8. The summed E-state index contributed by atoms with van der Waals surface area (Å²) in [7, 11) is 0. The Morgan fingerprint density at radius 2 is 1.72 bits per heavy atom. The fourth-order valence-electron chi connectivity index (χ4n) is 4.95. The van der Waals surface area contributed by atoms with Crippen molar-refractivity contribution in [2.75, 3.05) is 26.2 Å². The zero-order valence-corrected chi connectivity index (χ0v) is 21.8. The summed E-state index contributed by atoms with van der Waals surface area (Å²) in [5.41, 5.74) is 2.49. The highest BCUT2D eigenvalue weighted by Crippen LogP contribution is 2.32. The van der Waals surface area contributed by atoms with Crippen LogP contribution in [0.15, 0.2) is 30.3 Å². The SMILES string of the molecule is Cc1nn(-c2ccc3nnc(C)n3n2)c(C)c1CCC(=O)N1CCN(Cc2ccc(F)c(C(F)(F)F)c2)CC1. The van der Waals surface area contributed by atoms with Gasteiger partial charge in [-0.3, -0.25) is 9.69 Å². The van der Waals surface area contributed by atoms with Gasteiger partial charge in [-0.2, -0.15) is 22.8 Å². The number of piperazine rings is 1. The number of alkyl halides is 3. The van der Waals surface area contributed by atoms with Gasteiger partial charge in [-0.05, 0) is 62.6 Å². The fourth-order valence-corrected chi connectivity index (χ4v) is 4.95. The first-order chi connectivity index (χ1) is 18.5. The minimum Gasteiger partial charge on any atom is -0.340 e. The van der Waals surface area contributed by atoms with Gasteiger partial charge < -0.3 is 4.90 Å². The summed E-state index contributed by atoms with van der Waals surface area (Å²) < 4.78 is 56.1. The minimum atomic E-state index is -4.74. The Labute approximate surface area is 222 Å². The predicted octanol–water partition coefficient (Wildman–Crippen LogP) is 3.67. The lowest BCUT2D eigenvalue weighted by molar-refractivity contribution is -0.140. The molecule has 0 spiro atoms. The monoisotopic (exact) mass is 544 g/mol. The van der Waals surface area contributed by atoms with Crippen LogP contribution in [0.1, 0.15) is 40.3 Å². The van der Waals surface area contributed by atoms with Gasteiger partial charge in [0.15, 0.2) is 17.3 Å². The lowest BCUT2D eigenvalue weighted by Crippen LogP contribution is -2.48. The third-order valence-corrected chi connectivity index (χ3v) is 7.12. The molecule has 1 fully saturated rings. The number of benzene rings is 1. The summed E-state index contributed by atoms with van der Waals surface area (Å²) in [5.74, 6) is 0.0360. The number of carbonyl (C=O) groups excluding carboxylic acids is 1. The van der Waals surface area contributed by atoms with Gasteiger partial charge in [-0.15, -0.1) is 15.3 Å². The first-order valence-electron chi connectivity index (χ1n) is 12.6. The highest BCUT2D eigenvalue weighted by molar-refractivity contribution is 5.76. The van der Waals surface area contributed by atoms with Gasteiger partial charge in [0.05, 0.1) is 11.3 Å². The van der Waals surface area contributed by atoms with Crippen LogP contribution in [-0.4, -0.2) is 71.5 Å². The van der Waals surface area contributed by atoms with Crippen molar-refractivity contribution in [2.45, 2.75) is 46.3 Å². The first kappa shape index (κ1) is 26.7. The summed E-state index contributed by atoms with van der Waals surface area (Å²) in [5, 5.41) is 17.3. The normalized spacial score (nSPS) is 14.9. The van der Waals surface area contributed by atoms with Gasteiger partial charge in [0.2, 0.25) is 5.91 Å². The maximum Gasteiger partial charge on any atom is 0.419 e. The van der Waals surface area contributed by atoms with Gasteiger partial charge in [0.25, 0.3) is 0 Å². The molecule has 4 heterocycles. The Morgan fingerprint density at radius 1 is 0.974 bits per heavy atom. The van der Waals surface area contributed by atoms with Crippen molar-refractivity contribution >= 4 is 11.6 Å². The predicted molar refractivity (Wildman–Crippen MR) is 134 cm³/mol. The molecule has 1 aliphatic rings. The van der Waals surface area contributed by atoms with Crippen LogP contribution in [0.2, 0.25) is 0 Å². The van der Waals surface area contributed by atoms with Crippen LogP contribution in [0.3, 0.4) is 0 Å². The highest BCUT2D eigenvalue weighted by atomic mass is 19.4. The van der Waals surface area contributed by atoms with Crippen molar-refractivity contribution in [3.63, 3.8) is 0 Å². The Balaban J connectivity index is 1.18. The molecular formula is C26H28F4N8O. The molecule has 0 radical (unpaired) electrons. The summed E-state index contributed by atoms with van der Waals surface area (Å²) in [6, 6.07) is 6.74. The molecule has 3 aromatic heterocycles. The Hall–Kier alpha value is -3.87. The number of fused-ring (bicyclic) bond motifs is 1. The zero-order chi connectivity index (χ0) is 27.9. The summed E-state index contributed by atoms with van der Waals surface area (Å²) >= 11 is 0. The third kappa shape index (κ3) is 5.49. The Morgan fingerprint density at radius 3 is 2.44 bits per heavy atom. The van der Waals surface area contributed by atoms with Crippen LogP contribution in [-0.2, 0) is 23.9 Å². The second-order valence-electron chi connectivity index (χ2n) is 9.74. The van der Waals surface area contributed by atoms with Gasteiger partial charge in [-0.1, -0.05) is 6.07 Å². The molecule has 206 valence electrons. The third-order valence-electron chi connectivity index (χ3n) is 7.12. The number of halogens is 4. The Bertz CT molecular complexity index is 1520. The van der Waals surface area contributed by atoms with Crippen molar-refractivity contribution < 1.29 is 22.4 Å². The molecule has 1 aromatic carbocycles. The summed E-state index contributed by atoms with van der Waals surface area (Å²) in [4.78, 5) is 16.7.